The number of anilines is 1. The molecule has 0 aliphatic heterocycles. The van der Waals surface area contributed by atoms with Gasteiger partial charge in [0.1, 0.15) is 5.75 Å². The van der Waals surface area contributed by atoms with Crippen LogP contribution >= 0.6 is 15.9 Å². The summed E-state index contributed by atoms with van der Waals surface area (Å²) in [5.74, 6) is 1.16. The van der Waals surface area contributed by atoms with Crippen LogP contribution in [0.5, 0.6) is 5.75 Å². The monoisotopic (exact) mass is 635 g/mol. The van der Waals surface area contributed by atoms with Gasteiger partial charge in [-0.2, -0.15) is 4.98 Å². The molecule has 12 heteroatoms. The summed E-state index contributed by atoms with van der Waals surface area (Å²) in [7, 11) is -0.433. The van der Waals surface area contributed by atoms with E-state index in [0.717, 1.165) is 22.9 Å². The number of imidazole rings is 1. The SMILES string of the molecule is CCn1c(=O)c2c(nc(N[C@@H]3CCC[C@H]3O)n2Cc2ccc(OC)c(Br)c2)n(CCO[Si](C)(C)C(C)(C)C)c1=O. The van der Waals surface area contributed by atoms with Gasteiger partial charge < -0.3 is 19.6 Å². The van der Waals surface area contributed by atoms with Crippen molar-refractivity contribution in [3.05, 3.63) is 49.1 Å². The van der Waals surface area contributed by atoms with Crippen LogP contribution < -0.4 is 21.3 Å². The van der Waals surface area contributed by atoms with Crippen molar-refractivity contribution in [2.45, 2.75) is 96.9 Å². The number of aliphatic hydroxyl groups is 1. The van der Waals surface area contributed by atoms with E-state index in [9.17, 15) is 14.7 Å². The summed E-state index contributed by atoms with van der Waals surface area (Å²) in [5.41, 5.74) is 0.799. The van der Waals surface area contributed by atoms with Crippen molar-refractivity contribution in [1.82, 2.24) is 18.7 Å². The van der Waals surface area contributed by atoms with Crippen molar-refractivity contribution in [1.29, 1.82) is 0 Å². The highest BCUT2D eigenvalue weighted by Crippen LogP contribution is 2.36. The molecule has 220 valence electrons. The predicted molar refractivity (Wildman–Crippen MR) is 164 cm³/mol. The van der Waals surface area contributed by atoms with Crippen LogP contribution in [0, 0.1) is 0 Å². The second-order valence-corrected chi connectivity index (χ2v) is 17.7. The minimum atomic E-state index is -2.04. The molecule has 1 saturated carbocycles. The molecule has 2 aromatic heterocycles. The van der Waals surface area contributed by atoms with Crippen LogP contribution in [0.15, 0.2) is 32.3 Å². The molecular formula is C28H42BrN5O5Si. The maximum atomic E-state index is 13.7. The molecule has 1 fully saturated rings. The van der Waals surface area contributed by atoms with Gasteiger partial charge in [0.25, 0.3) is 5.56 Å². The molecule has 2 heterocycles. The molecular weight excluding hydrogens is 594 g/mol. The van der Waals surface area contributed by atoms with Gasteiger partial charge in [-0.3, -0.25) is 18.5 Å². The van der Waals surface area contributed by atoms with Gasteiger partial charge in [-0.1, -0.05) is 26.8 Å². The van der Waals surface area contributed by atoms with Crippen molar-refractivity contribution in [2.24, 2.45) is 0 Å². The van der Waals surface area contributed by atoms with Crippen molar-refractivity contribution >= 4 is 41.4 Å². The fourth-order valence-corrected chi connectivity index (χ4v) is 6.53. The Kier molecular flexibility index (Phi) is 9.03. The molecule has 0 amide bonds. The van der Waals surface area contributed by atoms with E-state index >= 15 is 0 Å². The van der Waals surface area contributed by atoms with E-state index in [1.54, 1.807) is 18.6 Å². The highest BCUT2D eigenvalue weighted by molar-refractivity contribution is 9.10. The molecule has 3 aromatic rings. The molecule has 10 nitrogen and oxygen atoms in total. The largest absolute Gasteiger partial charge is 0.496 e. The lowest BCUT2D eigenvalue weighted by molar-refractivity contribution is 0.171. The Hall–Kier alpha value is -2.41. The van der Waals surface area contributed by atoms with Crippen LogP contribution in [0.1, 0.15) is 52.5 Å². The summed E-state index contributed by atoms with van der Waals surface area (Å²) in [6, 6.07) is 5.56. The van der Waals surface area contributed by atoms with Crippen molar-refractivity contribution in [3.63, 3.8) is 0 Å². The van der Waals surface area contributed by atoms with Crippen LogP contribution in [0.25, 0.3) is 11.2 Å². The van der Waals surface area contributed by atoms with Gasteiger partial charge in [0.2, 0.25) is 5.95 Å². The number of nitrogens with zero attached hydrogens (tertiary/aromatic N) is 4. The van der Waals surface area contributed by atoms with Crippen LogP contribution in [0.2, 0.25) is 18.1 Å². The Morgan fingerprint density at radius 3 is 2.48 bits per heavy atom. The molecule has 40 heavy (non-hydrogen) atoms. The number of benzene rings is 1. The molecule has 0 bridgehead atoms. The maximum Gasteiger partial charge on any atom is 0.332 e. The quantitative estimate of drug-likeness (QED) is 0.314. The van der Waals surface area contributed by atoms with Crippen LogP contribution in [0.4, 0.5) is 5.95 Å². The normalized spacial score (nSPS) is 18.0. The Morgan fingerprint density at radius 2 is 1.90 bits per heavy atom. The molecule has 0 unspecified atom stereocenters. The molecule has 0 spiro atoms. The third-order valence-electron chi connectivity index (χ3n) is 8.37. The van der Waals surface area contributed by atoms with E-state index in [4.69, 9.17) is 14.1 Å². The first-order chi connectivity index (χ1) is 18.8. The zero-order valence-electron chi connectivity index (χ0n) is 24.6. The van der Waals surface area contributed by atoms with Crippen molar-refractivity contribution in [3.8, 4) is 5.75 Å². The number of hydrogen-bond donors (Lipinski definition) is 2. The average Bonchev–Trinajstić information content (AvgIpc) is 3.44. The van der Waals surface area contributed by atoms with Gasteiger partial charge in [0, 0.05) is 6.54 Å². The van der Waals surface area contributed by atoms with Gasteiger partial charge in [-0.05, 0) is 77.9 Å². The van der Waals surface area contributed by atoms with Crippen LogP contribution in [-0.2, 0) is 24.1 Å². The van der Waals surface area contributed by atoms with E-state index in [-0.39, 0.29) is 29.7 Å². The van der Waals surface area contributed by atoms with E-state index in [1.807, 2.05) is 22.8 Å². The third kappa shape index (κ3) is 5.95. The molecule has 0 saturated heterocycles. The molecule has 0 radical (unpaired) electrons. The van der Waals surface area contributed by atoms with Gasteiger partial charge in [0.05, 0.1) is 43.4 Å². The van der Waals surface area contributed by atoms with E-state index in [1.165, 1.54) is 4.57 Å². The second kappa shape index (κ2) is 11.8. The van der Waals surface area contributed by atoms with Gasteiger partial charge in [-0.15, -0.1) is 0 Å². The molecule has 1 aliphatic carbocycles. The molecule has 2 N–H and O–H groups in total. The highest BCUT2D eigenvalue weighted by atomic mass is 79.9. The zero-order valence-corrected chi connectivity index (χ0v) is 27.2. The maximum absolute atomic E-state index is 13.7. The number of methoxy groups -OCH3 is 1. The first-order valence-electron chi connectivity index (χ1n) is 13.9. The topological polar surface area (TPSA) is 113 Å². The fraction of sp³-hybridized carbons (Fsp3) is 0.607. The lowest BCUT2D eigenvalue weighted by Crippen LogP contribution is -2.43. The number of aromatic nitrogens is 4. The zero-order chi connectivity index (χ0) is 29.4. The Labute approximate surface area is 244 Å². The minimum Gasteiger partial charge on any atom is -0.496 e. The number of halogens is 1. The van der Waals surface area contributed by atoms with Crippen LogP contribution in [0.3, 0.4) is 0 Å². The van der Waals surface area contributed by atoms with Crippen molar-refractivity contribution < 1.29 is 14.3 Å². The summed E-state index contributed by atoms with van der Waals surface area (Å²) < 4.78 is 17.2. The summed E-state index contributed by atoms with van der Waals surface area (Å²) in [6.45, 7) is 13.9. The Morgan fingerprint density at radius 1 is 1.18 bits per heavy atom. The van der Waals surface area contributed by atoms with Gasteiger partial charge in [-0.25, -0.2) is 4.79 Å². The summed E-state index contributed by atoms with van der Waals surface area (Å²) in [5, 5.41) is 14.0. The predicted octanol–water partition coefficient (Wildman–Crippen LogP) is 4.55. The minimum absolute atomic E-state index is 0.0307. The molecule has 2 atom stereocenters. The van der Waals surface area contributed by atoms with Gasteiger partial charge >= 0.3 is 5.69 Å². The smallest absolute Gasteiger partial charge is 0.332 e. The van der Waals surface area contributed by atoms with E-state index in [0.29, 0.717) is 42.4 Å². The molecule has 1 aliphatic rings. The standard InChI is InChI=1S/C28H42BrN5O5Si/c1-8-32-25(36)23-24(33(27(32)37)14-15-39-40(6,7)28(2,3)4)31-26(30-20-10-9-11-21(20)35)34(23)17-18-12-13-22(38-5)19(29)16-18/h12-13,16,20-21,35H,8-11,14-15,17H2,1-7H3,(H,30,31)/t20-,21-/m1/s1. The first kappa shape index (κ1) is 30.5. The third-order valence-corrected chi connectivity index (χ3v) is 13.5. The lowest BCUT2D eigenvalue weighted by atomic mass is 10.2. The summed E-state index contributed by atoms with van der Waals surface area (Å²) in [4.78, 5) is 32.1. The Balaban J connectivity index is 1.85. The molecule has 4 rings (SSSR count). The Bertz CT molecular complexity index is 1490. The number of nitrogens with one attached hydrogen (secondary N) is 1. The first-order valence-corrected chi connectivity index (χ1v) is 17.6. The number of aliphatic hydroxyl groups excluding tert-OH is 1. The number of ether oxygens (including phenoxy) is 1. The fourth-order valence-electron chi connectivity index (χ4n) is 4.91. The lowest BCUT2D eigenvalue weighted by Gasteiger charge is -2.36. The second-order valence-electron chi connectivity index (χ2n) is 12.0. The average molecular weight is 637 g/mol. The summed E-state index contributed by atoms with van der Waals surface area (Å²) >= 11 is 3.55. The van der Waals surface area contributed by atoms with Crippen LogP contribution in [-0.4, -0.2) is 58.0 Å². The number of rotatable bonds is 10. The highest BCUT2D eigenvalue weighted by Gasteiger charge is 2.37. The van der Waals surface area contributed by atoms with Crippen molar-refractivity contribution in [2.75, 3.05) is 19.0 Å². The van der Waals surface area contributed by atoms with E-state index < -0.39 is 20.1 Å². The number of fused-ring (bicyclic) bond motifs is 1. The van der Waals surface area contributed by atoms with Gasteiger partial charge in [0.15, 0.2) is 19.5 Å². The number of hydrogen-bond acceptors (Lipinski definition) is 7. The van der Waals surface area contributed by atoms with E-state index in [2.05, 4.69) is 55.1 Å². The summed E-state index contributed by atoms with van der Waals surface area (Å²) in [6.07, 6.45) is 1.91. The molecule has 1 aromatic carbocycles.